The summed E-state index contributed by atoms with van der Waals surface area (Å²) in [4.78, 5) is 25.5. The Morgan fingerprint density at radius 3 is 2.68 bits per heavy atom. The maximum Gasteiger partial charge on any atom is 0.250 e. The molecule has 2 aromatic rings. The minimum Gasteiger partial charge on any atom is -0.342 e. The summed E-state index contributed by atoms with van der Waals surface area (Å²) < 4.78 is 13.3. The molecule has 1 saturated heterocycles. The van der Waals surface area contributed by atoms with Gasteiger partial charge >= 0.3 is 0 Å². The average molecular weight is 361 g/mol. The highest BCUT2D eigenvalue weighted by molar-refractivity contribution is 6.28. The number of hydrogen-bond acceptors (Lipinski definition) is 4. The average Bonchev–Trinajstić information content (AvgIpc) is 3.04. The van der Waals surface area contributed by atoms with E-state index in [2.05, 4.69) is 9.97 Å². The Balaban J connectivity index is 1.81. The first-order chi connectivity index (χ1) is 12.0. The van der Waals surface area contributed by atoms with Crippen LogP contribution in [-0.4, -0.2) is 35.5 Å². The van der Waals surface area contributed by atoms with Gasteiger partial charge in [-0.1, -0.05) is 19.1 Å². The van der Waals surface area contributed by atoms with Crippen molar-refractivity contribution < 1.29 is 9.18 Å². The minimum absolute atomic E-state index is 0.00233. The van der Waals surface area contributed by atoms with Gasteiger partial charge < -0.3 is 9.80 Å². The van der Waals surface area contributed by atoms with Gasteiger partial charge in [-0.3, -0.25) is 4.79 Å². The summed E-state index contributed by atoms with van der Waals surface area (Å²) in [6, 6.07) is 6.06. The van der Waals surface area contributed by atoms with Gasteiger partial charge in [-0.15, -0.1) is 0 Å². The molecule has 0 radical (unpaired) electrons. The van der Waals surface area contributed by atoms with Gasteiger partial charge in [-0.05, 0) is 42.1 Å². The summed E-state index contributed by atoms with van der Waals surface area (Å²) >= 11 is 6.11. The summed E-state index contributed by atoms with van der Waals surface area (Å²) in [6.45, 7) is 2.68. The molecule has 1 aromatic carbocycles. The second-order valence-corrected chi connectivity index (χ2v) is 6.79. The van der Waals surface area contributed by atoms with Gasteiger partial charge in [0.25, 0.3) is 0 Å². The fourth-order valence-corrected chi connectivity index (χ4v) is 4.13. The number of hydrogen-bond donors (Lipinski definition) is 0. The van der Waals surface area contributed by atoms with Crippen LogP contribution in [-0.2, 0) is 11.2 Å². The molecule has 3 heterocycles. The molecule has 2 atom stereocenters. The van der Waals surface area contributed by atoms with Gasteiger partial charge in [-0.2, -0.15) is 4.98 Å². The lowest BCUT2D eigenvalue weighted by atomic mass is 9.90. The third-order valence-electron chi connectivity index (χ3n) is 5.13. The third-order valence-corrected chi connectivity index (χ3v) is 5.30. The predicted octanol–water partition coefficient (Wildman–Crippen LogP) is 3.17. The van der Waals surface area contributed by atoms with Crippen molar-refractivity contribution >= 4 is 29.0 Å². The molecule has 5 nitrogen and oxygen atoms in total. The zero-order valence-corrected chi connectivity index (χ0v) is 14.8. The maximum atomic E-state index is 13.3. The number of likely N-dealkylation sites (N-methyl/N-ethyl adjacent to an activating group) is 1. The SMILES string of the molecule is CCc1nc(Cl)nc2c1N(C)C(=O)C1C(c3ccc(F)cc3)CCN21. The van der Waals surface area contributed by atoms with E-state index < -0.39 is 0 Å². The molecule has 0 bridgehead atoms. The fourth-order valence-electron chi connectivity index (χ4n) is 3.95. The fraction of sp³-hybridized carbons (Fsp3) is 0.389. The van der Waals surface area contributed by atoms with Crippen LogP contribution < -0.4 is 9.80 Å². The Hall–Kier alpha value is -2.21. The van der Waals surface area contributed by atoms with E-state index in [9.17, 15) is 9.18 Å². The quantitative estimate of drug-likeness (QED) is 0.772. The van der Waals surface area contributed by atoms with Crippen LogP contribution in [0, 0.1) is 5.82 Å². The van der Waals surface area contributed by atoms with Crippen molar-refractivity contribution in [2.45, 2.75) is 31.7 Å². The number of fused-ring (bicyclic) bond motifs is 3. The Morgan fingerprint density at radius 2 is 2.00 bits per heavy atom. The molecule has 0 N–H and O–H groups in total. The Kier molecular flexibility index (Phi) is 3.87. The van der Waals surface area contributed by atoms with Crippen LogP contribution in [0.5, 0.6) is 0 Å². The number of anilines is 2. The highest BCUT2D eigenvalue weighted by atomic mass is 35.5. The van der Waals surface area contributed by atoms with Gasteiger partial charge in [0.15, 0.2) is 5.82 Å². The number of rotatable bonds is 2. The molecule has 4 rings (SSSR count). The predicted molar refractivity (Wildman–Crippen MR) is 94.7 cm³/mol. The molecule has 0 spiro atoms. The Morgan fingerprint density at radius 1 is 1.28 bits per heavy atom. The van der Waals surface area contributed by atoms with Crippen molar-refractivity contribution in [2.75, 3.05) is 23.4 Å². The van der Waals surface area contributed by atoms with Crippen molar-refractivity contribution in [3.63, 3.8) is 0 Å². The third kappa shape index (κ3) is 2.47. The molecule has 2 aliphatic heterocycles. The molecule has 1 aromatic heterocycles. The topological polar surface area (TPSA) is 49.3 Å². The van der Waals surface area contributed by atoms with E-state index in [0.29, 0.717) is 18.8 Å². The number of halogens is 2. The van der Waals surface area contributed by atoms with E-state index >= 15 is 0 Å². The Bertz CT molecular complexity index is 842. The molecule has 1 fully saturated rings. The first-order valence-corrected chi connectivity index (χ1v) is 8.75. The molecule has 130 valence electrons. The number of benzene rings is 1. The normalized spacial score (nSPS) is 22.2. The van der Waals surface area contributed by atoms with E-state index in [0.717, 1.165) is 23.4 Å². The summed E-state index contributed by atoms with van der Waals surface area (Å²) in [5.41, 5.74) is 2.48. The zero-order chi connectivity index (χ0) is 17.7. The van der Waals surface area contributed by atoms with Crippen LogP contribution >= 0.6 is 11.6 Å². The van der Waals surface area contributed by atoms with Gasteiger partial charge in [-0.25, -0.2) is 9.37 Å². The molecule has 0 aliphatic carbocycles. The van der Waals surface area contributed by atoms with Gasteiger partial charge in [0.2, 0.25) is 11.2 Å². The summed E-state index contributed by atoms with van der Waals surface area (Å²) in [7, 11) is 1.76. The van der Waals surface area contributed by atoms with Gasteiger partial charge in [0, 0.05) is 19.5 Å². The molecule has 0 saturated carbocycles. The first-order valence-electron chi connectivity index (χ1n) is 8.37. The largest absolute Gasteiger partial charge is 0.342 e. The Labute approximate surface area is 150 Å². The standard InChI is InChI=1S/C18H18ClFN4O/c1-3-13-15-16(22-18(19)21-13)24-9-8-12(14(24)17(25)23(15)2)10-4-6-11(20)7-5-10/h4-7,12,14H,3,8-9H2,1-2H3. The van der Waals surface area contributed by atoms with Crippen LogP contribution in [0.2, 0.25) is 5.28 Å². The monoisotopic (exact) mass is 360 g/mol. The summed E-state index contributed by atoms with van der Waals surface area (Å²) in [6.07, 6.45) is 1.47. The second-order valence-electron chi connectivity index (χ2n) is 6.45. The van der Waals surface area contributed by atoms with Crippen molar-refractivity contribution in [3.8, 4) is 0 Å². The van der Waals surface area contributed by atoms with E-state index in [-0.39, 0.29) is 29.0 Å². The molecule has 25 heavy (non-hydrogen) atoms. The number of aromatic nitrogens is 2. The lowest BCUT2D eigenvalue weighted by Gasteiger charge is -2.39. The van der Waals surface area contributed by atoms with Gasteiger partial charge in [0.05, 0.1) is 5.69 Å². The van der Waals surface area contributed by atoms with Gasteiger partial charge in [0.1, 0.15) is 17.5 Å². The van der Waals surface area contributed by atoms with Crippen LogP contribution in [0.3, 0.4) is 0 Å². The summed E-state index contributed by atoms with van der Waals surface area (Å²) in [5.74, 6) is 0.458. The molecular formula is C18H18ClFN4O. The lowest BCUT2D eigenvalue weighted by Crippen LogP contribution is -2.51. The van der Waals surface area contributed by atoms with E-state index in [1.165, 1.54) is 12.1 Å². The first kappa shape index (κ1) is 16.3. The van der Waals surface area contributed by atoms with Crippen molar-refractivity contribution in [1.82, 2.24) is 9.97 Å². The number of amides is 1. The highest BCUT2D eigenvalue weighted by Gasteiger charge is 2.47. The van der Waals surface area contributed by atoms with Crippen LogP contribution in [0.25, 0.3) is 0 Å². The highest BCUT2D eigenvalue weighted by Crippen LogP contribution is 2.45. The lowest BCUT2D eigenvalue weighted by molar-refractivity contribution is -0.120. The molecular weight excluding hydrogens is 343 g/mol. The molecule has 1 amide bonds. The van der Waals surface area contributed by atoms with E-state index in [1.807, 2.05) is 11.8 Å². The molecule has 2 unspecified atom stereocenters. The van der Waals surface area contributed by atoms with Crippen LogP contribution in [0.1, 0.15) is 30.5 Å². The number of nitrogens with zero attached hydrogens (tertiary/aromatic N) is 4. The number of aryl methyl sites for hydroxylation is 1. The van der Waals surface area contributed by atoms with Crippen LogP contribution in [0.15, 0.2) is 24.3 Å². The van der Waals surface area contributed by atoms with Crippen LogP contribution in [0.4, 0.5) is 15.9 Å². The molecule has 7 heteroatoms. The summed E-state index contributed by atoms with van der Waals surface area (Å²) in [5, 5.41) is 0.197. The smallest absolute Gasteiger partial charge is 0.250 e. The zero-order valence-electron chi connectivity index (χ0n) is 14.0. The van der Waals surface area contributed by atoms with Crippen molar-refractivity contribution in [1.29, 1.82) is 0 Å². The van der Waals surface area contributed by atoms with E-state index in [1.54, 1.807) is 24.1 Å². The van der Waals surface area contributed by atoms with Crippen molar-refractivity contribution in [3.05, 3.63) is 46.6 Å². The number of carbonyl (C=O) groups excluding carboxylic acids is 1. The molecule has 2 aliphatic rings. The minimum atomic E-state index is -0.348. The second kappa shape index (κ2) is 5.95. The number of carbonyl (C=O) groups is 1. The van der Waals surface area contributed by atoms with Crippen molar-refractivity contribution in [2.24, 2.45) is 0 Å². The maximum absolute atomic E-state index is 13.3. The van der Waals surface area contributed by atoms with E-state index in [4.69, 9.17) is 11.6 Å².